The molecule has 4 heteroatoms. The van der Waals surface area contributed by atoms with Gasteiger partial charge in [0.15, 0.2) is 0 Å². The third-order valence-electron chi connectivity index (χ3n) is 0.703. The molecule has 0 aromatic heterocycles. The van der Waals surface area contributed by atoms with Gasteiger partial charge in [-0.05, 0) is 6.92 Å². The van der Waals surface area contributed by atoms with Crippen molar-refractivity contribution in [1.29, 1.82) is 0 Å². The Kier molecular flexibility index (Phi) is 3.76. The summed E-state index contributed by atoms with van der Waals surface area (Å²) in [4.78, 5) is 20.8. The number of amides is 1. The van der Waals surface area contributed by atoms with Crippen LogP contribution in [0.1, 0.15) is 13.8 Å². The zero-order chi connectivity index (χ0) is 7.44. The Morgan fingerprint density at radius 2 is 1.89 bits per heavy atom. The molecule has 0 aliphatic heterocycles. The maximum atomic E-state index is 10.4. The fourth-order valence-electron chi connectivity index (χ4n) is 0.307. The summed E-state index contributed by atoms with van der Waals surface area (Å²) in [7, 11) is 0. The van der Waals surface area contributed by atoms with Gasteiger partial charge >= 0.3 is 0 Å². The number of rotatable bonds is 2. The molecule has 0 aromatic rings. The first-order valence-corrected chi connectivity index (χ1v) is 3.44. The van der Waals surface area contributed by atoms with Crippen LogP contribution in [0, 0.1) is 0 Å². The summed E-state index contributed by atoms with van der Waals surface area (Å²) in [5, 5.41) is 0. The summed E-state index contributed by atoms with van der Waals surface area (Å²) in [5.41, 5.74) is 0. The molecule has 9 heavy (non-hydrogen) atoms. The molecule has 0 aliphatic rings. The average molecular weight is 241 g/mol. The predicted octanol–water partition coefficient (Wildman–Crippen LogP) is 0.774. The van der Waals surface area contributed by atoms with E-state index in [2.05, 4.69) is 0 Å². The van der Waals surface area contributed by atoms with Crippen LogP contribution in [0.25, 0.3) is 0 Å². The fourth-order valence-corrected chi connectivity index (χ4v) is 0.787. The van der Waals surface area contributed by atoms with Crippen LogP contribution < -0.4 is 0 Å². The minimum absolute atomic E-state index is 0.000370. The van der Waals surface area contributed by atoms with Gasteiger partial charge in [0.05, 0.1) is 29.4 Å². The summed E-state index contributed by atoms with van der Waals surface area (Å²) in [6.07, 6.45) is 0. The largest absolute Gasteiger partial charge is 0.298 e. The van der Waals surface area contributed by atoms with Crippen LogP contribution in [0.3, 0.4) is 0 Å². The molecule has 0 bridgehead atoms. The van der Waals surface area contributed by atoms with Gasteiger partial charge in [0.1, 0.15) is 5.78 Å². The second-order valence-corrected chi connectivity index (χ2v) is 2.91. The number of Topliss-reactive ketones (excluding diaryl/α,β-unsaturated/α-hetero) is 1. The van der Waals surface area contributed by atoms with Crippen LogP contribution in [-0.4, -0.2) is 21.3 Å². The lowest BCUT2D eigenvalue weighted by Crippen LogP contribution is -2.22. The molecule has 0 spiro atoms. The molecule has 0 aliphatic carbocycles. The topological polar surface area (TPSA) is 37.4 Å². The second-order valence-electron chi connectivity index (χ2n) is 1.74. The summed E-state index contributed by atoms with van der Waals surface area (Å²) in [6.45, 7) is 3.08. The van der Waals surface area contributed by atoms with E-state index in [4.69, 9.17) is 0 Å². The van der Waals surface area contributed by atoms with Crippen LogP contribution in [0.15, 0.2) is 0 Å². The highest BCUT2D eigenvalue weighted by Crippen LogP contribution is 1.97. The van der Waals surface area contributed by atoms with E-state index in [1.165, 1.54) is 17.0 Å². The zero-order valence-electron chi connectivity index (χ0n) is 5.35. The van der Waals surface area contributed by atoms with Crippen LogP contribution >= 0.6 is 22.9 Å². The SMILES string of the molecule is CC(=O)CN(I)C(C)=O. The lowest BCUT2D eigenvalue weighted by Gasteiger charge is -2.07. The monoisotopic (exact) mass is 241 g/mol. The summed E-state index contributed by atoms with van der Waals surface area (Å²) >= 11 is 1.81. The van der Waals surface area contributed by atoms with Gasteiger partial charge in [0, 0.05) is 6.92 Å². The molecule has 0 saturated carbocycles. The lowest BCUT2D eigenvalue weighted by molar-refractivity contribution is -0.127. The van der Waals surface area contributed by atoms with E-state index in [0.717, 1.165) is 0 Å². The average Bonchev–Trinajstić information content (AvgIpc) is 1.63. The molecule has 0 heterocycles. The maximum absolute atomic E-state index is 10.4. The second kappa shape index (κ2) is 3.81. The number of hydrogen-bond donors (Lipinski definition) is 0. The quantitative estimate of drug-likeness (QED) is 0.529. The Labute approximate surface area is 67.9 Å². The Balaban J connectivity index is 3.63. The molecule has 0 fully saturated rings. The van der Waals surface area contributed by atoms with Gasteiger partial charge in [-0.3, -0.25) is 12.7 Å². The predicted molar refractivity (Wildman–Crippen MR) is 42.1 cm³/mol. The molecular weight excluding hydrogens is 233 g/mol. The molecular formula is C5H8INO2. The van der Waals surface area contributed by atoms with Gasteiger partial charge < -0.3 is 0 Å². The molecule has 0 rings (SSSR count). The minimum Gasteiger partial charge on any atom is -0.298 e. The van der Waals surface area contributed by atoms with Gasteiger partial charge in [0.25, 0.3) is 0 Å². The zero-order valence-corrected chi connectivity index (χ0v) is 7.51. The van der Waals surface area contributed by atoms with Crippen LogP contribution in [-0.2, 0) is 9.59 Å². The molecule has 0 unspecified atom stereocenters. The Morgan fingerprint density at radius 3 is 2.00 bits per heavy atom. The van der Waals surface area contributed by atoms with Crippen molar-refractivity contribution in [1.82, 2.24) is 3.11 Å². The lowest BCUT2D eigenvalue weighted by atomic mass is 10.4. The van der Waals surface area contributed by atoms with E-state index in [1.807, 2.05) is 22.9 Å². The number of carbonyl (C=O) groups is 2. The summed E-state index contributed by atoms with van der Waals surface area (Å²) in [6, 6.07) is 0. The van der Waals surface area contributed by atoms with Gasteiger partial charge in [-0.15, -0.1) is 0 Å². The number of nitrogens with zero attached hydrogens (tertiary/aromatic N) is 1. The first-order valence-electron chi connectivity index (χ1n) is 2.47. The van der Waals surface area contributed by atoms with Crippen molar-refractivity contribution in [2.45, 2.75) is 13.8 Å². The Hall–Kier alpha value is -0.130. The molecule has 0 atom stereocenters. The molecule has 1 amide bonds. The molecule has 52 valence electrons. The van der Waals surface area contributed by atoms with Crippen LogP contribution in [0.2, 0.25) is 0 Å². The highest BCUT2D eigenvalue weighted by atomic mass is 127. The smallest absolute Gasteiger partial charge is 0.228 e. The van der Waals surface area contributed by atoms with Crippen molar-refractivity contribution in [3.63, 3.8) is 0 Å². The van der Waals surface area contributed by atoms with E-state index in [1.54, 1.807) is 0 Å². The maximum Gasteiger partial charge on any atom is 0.228 e. The van der Waals surface area contributed by atoms with Crippen LogP contribution in [0.4, 0.5) is 0 Å². The highest BCUT2D eigenvalue weighted by Gasteiger charge is 2.04. The Bertz CT molecular complexity index is 135. The van der Waals surface area contributed by atoms with Gasteiger partial charge in [-0.1, -0.05) is 0 Å². The van der Waals surface area contributed by atoms with Gasteiger partial charge in [-0.2, -0.15) is 0 Å². The molecule has 0 radical (unpaired) electrons. The van der Waals surface area contributed by atoms with E-state index < -0.39 is 0 Å². The Morgan fingerprint density at radius 1 is 1.44 bits per heavy atom. The van der Waals surface area contributed by atoms with Crippen molar-refractivity contribution in [2.24, 2.45) is 0 Å². The van der Waals surface area contributed by atoms with Crippen LogP contribution in [0.5, 0.6) is 0 Å². The third-order valence-corrected chi connectivity index (χ3v) is 1.72. The number of halogens is 1. The summed E-state index contributed by atoms with van der Waals surface area (Å²) in [5.74, 6) is -0.0922. The summed E-state index contributed by atoms with van der Waals surface area (Å²) < 4.78 is 1.35. The van der Waals surface area contributed by atoms with Crippen molar-refractivity contribution >= 4 is 34.6 Å². The number of ketones is 1. The number of carbonyl (C=O) groups excluding carboxylic acids is 2. The third kappa shape index (κ3) is 4.38. The van der Waals surface area contributed by atoms with E-state index >= 15 is 0 Å². The van der Waals surface area contributed by atoms with Crippen molar-refractivity contribution < 1.29 is 9.59 Å². The van der Waals surface area contributed by atoms with E-state index in [0.29, 0.717) is 0 Å². The molecule has 0 aromatic carbocycles. The first-order chi connectivity index (χ1) is 4.04. The molecule has 3 nitrogen and oxygen atoms in total. The molecule has 0 saturated heterocycles. The van der Waals surface area contributed by atoms with Crippen molar-refractivity contribution in [3.8, 4) is 0 Å². The highest BCUT2D eigenvalue weighted by molar-refractivity contribution is 14.1. The first kappa shape index (κ1) is 8.87. The van der Waals surface area contributed by atoms with Gasteiger partial charge in [-0.25, -0.2) is 0 Å². The van der Waals surface area contributed by atoms with Crippen molar-refractivity contribution in [2.75, 3.05) is 6.54 Å². The van der Waals surface area contributed by atoms with E-state index in [-0.39, 0.29) is 18.2 Å². The number of hydrogen-bond acceptors (Lipinski definition) is 2. The van der Waals surface area contributed by atoms with Crippen molar-refractivity contribution in [3.05, 3.63) is 0 Å². The molecule has 0 N–H and O–H groups in total. The standard InChI is InChI=1S/C5H8INO2/c1-4(8)3-7(6)5(2)9/h3H2,1-2H3. The van der Waals surface area contributed by atoms with Gasteiger partial charge in [0.2, 0.25) is 5.91 Å². The fraction of sp³-hybridized carbons (Fsp3) is 0.600. The normalized spacial score (nSPS) is 8.78. The minimum atomic E-state index is -0.0919. The van der Waals surface area contributed by atoms with E-state index in [9.17, 15) is 9.59 Å².